The predicted octanol–water partition coefficient (Wildman–Crippen LogP) is 5.62. The van der Waals surface area contributed by atoms with Crippen LogP contribution < -0.4 is 5.19 Å². The molecule has 1 aliphatic carbocycles. The number of aliphatic imine (C=N–C) groups is 1. The number of hydrogen-bond donors (Lipinski definition) is 1. The van der Waals surface area contributed by atoms with Gasteiger partial charge in [0.2, 0.25) is 0 Å². The van der Waals surface area contributed by atoms with Crippen LogP contribution in [0.4, 0.5) is 0 Å². The molecule has 1 N–H and O–H groups in total. The zero-order chi connectivity index (χ0) is 18.3. The van der Waals surface area contributed by atoms with E-state index < -0.39 is 28.9 Å². The fourth-order valence-corrected chi connectivity index (χ4v) is 4.59. The topological polar surface area (TPSA) is 32.6 Å². The van der Waals surface area contributed by atoms with Crippen molar-refractivity contribution in [1.82, 2.24) is 0 Å². The average Bonchev–Trinajstić information content (AvgIpc) is 2.48. The van der Waals surface area contributed by atoms with Gasteiger partial charge in [0, 0.05) is 11.8 Å². The Balaban J connectivity index is 0.000000891. The van der Waals surface area contributed by atoms with E-state index in [2.05, 4.69) is 45.6 Å². The molecule has 0 radical (unpaired) electrons. The molecule has 1 aromatic rings. The van der Waals surface area contributed by atoms with Crippen LogP contribution in [0.1, 0.15) is 43.7 Å². The molecule has 2 nitrogen and oxygen atoms in total. The second-order valence-electron chi connectivity index (χ2n) is 7.62. The molecular weight excluding hydrogens is 436 g/mol. The van der Waals surface area contributed by atoms with Gasteiger partial charge >= 0.3 is 37.9 Å². The fourth-order valence-electron chi connectivity index (χ4n) is 3.17. The van der Waals surface area contributed by atoms with Crippen LogP contribution in [-0.2, 0) is 20.8 Å². The summed E-state index contributed by atoms with van der Waals surface area (Å²) in [6, 6.07) is 4.64. The van der Waals surface area contributed by atoms with Crippen LogP contribution in [0.25, 0.3) is 0 Å². The molecule has 2 rings (SSSR count). The van der Waals surface area contributed by atoms with Gasteiger partial charge in [-0.3, -0.25) is 4.99 Å². The molecule has 0 spiro atoms. The zero-order valence-corrected chi connectivity index (χ0v) is 20.3. The average molecular weight is 466 g/mol. The van der Waals surface area contributed by atoms with Crippen molar-refractivity contribution in [2.45, 2.75) is 65.2 Å². The Bertz CT molecular complexity index is 561. The number of phenols is 1. The molecule has 6 heteroatoms. The van der Waals surface area contributed by atoms with Crippen molar-refractivity contribution in [2.75, 3.05) is 0 Å². The van der Waals surface area contributed by atoms with E-state index in [0.29, 0.717) is 17.7 Å². The van der Waals surface area contributed by atoms with E-state index in [4.69, 9.17) is 22.0 Å². The van der Waals surface area contributed by atoms with Crippen LogP contribution in [0.2, 0.25) is 19.6 Å². The van der Waals surface area contributed by atoms with Gasteiger partial charge in [0.25, 0.3) is 0 Å². The summed E-state index contributed by atoms with van der Waals surface area (Å²) in [5, 5.41) is 11.8. The van der Waals surface area contributed by atoms with Crippen LogP contribution in [0.15, 0.2) is 17.1 Å². The van der Waals surface area contributed by atoms with Gasteiger partial charge in [-0.05, 0) is 36.4 Å². The summed E-state index contributed by atoms with van der Waals surface area (Å²) in [7, 11) is 8.34. The van der Waals surface area contributed by atoms with Crippen molar-refractivity contribution < 1.29 is 26.0 Å². The van der Waals surface area contributed by atoms with Crippen LogP contribution >= 0.6 is 17.0 Å². The molecule has 0 heterocycles. The van der Waals surface area contributed by atoms with E-state index >= 15 is 0 Å². The summed E-state index contributed by atoms with van der Waals surface area (Å²) in [4.78, 5) is 4.81. The van der Waals surface area contributed by atoms with Crippen LogP contribution in [0.3, 0.4) is 0 Å². The summed E-state index contributed by atoms with van der Waals surface area (Å²) in [6.07, 6.45) is 7.02. The molecule has 0 aromatic heterocycles. The van der Waals surface area contributed by atoms with Crippen molar-refractivity contribution >= 4 is 36.5 Å². The van der Waals surface area contributed by atoms with Gasteiger partial charge in [-0.25, -0.2) is 0 Å². The first kappa shape index (κ1) is 22.4. The molecule has 1 fully saturated rings. The van der Waals surface area contributed by atoms with Crippen molar-refractivity contribution in [2.24, 2.45) is 10.9 Å². The first-order chi connectivity index (χ1) is 11.2. The number of phenolic OH excluding ortho intramolecular Hbond substituents is 1. The van der Waals surface area contributed by atoms with Crippen LogP contribution in [0.5, 0.6) is 5.75 Å². The summed E-state index contributed by atoms with van der Waals surface area (Å²) >= 11 is -0.826. The first-order valence-corrected chi connectivity index (χ1v) is 18.4. The van der Waals surface area contributed by atoms with Crippen molar-refractivity contribution in [1.29, 1.82) is 0 Å². The Labute approximate surface area is 166 Å². The minimum atomic E-state index is -1.53. The van der Waals surface area contributed by atoms with Gasteiger partial charge in [-0.15, -0.1) is 0 Å². The molecule has 0 aliphatic heterocycles. The SMILES string of the molecule is Cc1ccc([Si](C)(C)C)c(O)c1C=NC1CCCCC1C.[Cl][Zr][Cl]. The Morgan fingerprint density at radius 2 is 1.79 bits per heavy atom. The van der Waals surface area contributed by atoms with Gasteiger partial charge in [-0.1, -0.05) is 51.5 Å². The molecular formula is C18H29Cl2NOSiZr. The maximum atomic E-state index is 10.6. The number of hydrogen-bond acceptors (Lipinski definition) is 2. The standard InChI is InChI=1S/C18H29NOSi.2ClH.Zr/c1-13-10-11-17(21(3,4)5)18(20)15(13)12-19-16-9-7-6-8-14(16)2;;;/h10-12,14,16,20H,6-9H2,1-5H3;2*1H;/q;;;+2/p-2. The van der Waals surface area contributed by atoms with Gasteiger partial charge in [0.1, 0.15) is 5.75 Å². The minimum absolute atomic E-state index is 0.424. The summed E-state index contributed by atoms with van der Waals surface area (Å²) < 4.78 is 0. The van der Waals surface area contributed by atoms with Gasteiger partial charge in [0.05, 0.1) is 14.1 Å². The van der Waals surface area contributed by atoms with Gasteiger partial charge < -0.3 is 5.11 Å². The van der Waals surface area contributed by atoms with Gasteiger partial charge in [0.15, 0.2) is 0 Å². The third-order valence-electron chi connectivity index (χ3n) is 4.70. The first-order valence-electron chi connectivity index (χ1n) is 8.54. The number of benzene rings is 1. The van der Waals surface area contributed by atoms with E-state index in [1.54, 1.807) is 0 Å². The molecule has 0 saturated heterocycles. The Morgan fingerprint density at radius 1 is 1.21 bits per heavy atom. The third-order valence-corrected chi connectivity index (χ3v) is 6.72. The van der Waals surface area contributed by atoms with E-state index in [0.717, 1.165) is 16.3 Å². The number of aryl methyl sites for hydroxylation is 1. The molecule has 0 bridgehead atoms. The van der Waals surface area contributed by atoms with E-state index in [1.165, 1.54) is 25.7 Å². The molecule has 1 saturated carbocycles. The molecule has 2 atom stereocenters. The third kappa shape index (κ3) is 6.59. The summed E-state index contributed by atoms with van der Waals surface area (Å²) in [6.45, 7) is 11.1. The van der Waals surface area contributed by atoms with E-state index in [9.17, 15) is 5.11 Å². The predicted molar refractivity (Wildman–Crippen MR) is 107 cm³/mol. The number of rotatable bonds is 3. The monoisotopic (exact) mass is 463 g/mol. The van der Waals surface area contributed by atoms with Crippen molar-refractivity contribution in [3.05, 3.63) is 23.3 Å². The second kappa shape index (κ2) is 10.5. The molecule has 1 aromatic carbocycles. The van der Waals surface area contributed by atoms with E-state index in [1.807, 2.05) is 6.21 Å². The molecule has 134 valence electrons. The maximum absolute atomic E-state index is 10.6. The van der Waals surface area contributed by atoms with Crippen molar-refractivity contribution in [3.63, 3.8) is 0 Å². The molecule has 24 heavy (non-hydrogen) atoms. The Hall–Kier alpha value is 0.370. The Kier molecular flexibility index (Phi) is 9.81. The number of halogens is 2. The molecule has 0 amide bonds. The zero-order valence-electron chi connectivity index (χ0n) is 15.4. The molecule has 1 aliphatic rings. The van der Waals surface area contributed by atoms with Crippen LogP contribution in [0, 0.1) is 12.8 Å². The molecule has 2 unspecified atom stereocenters. The fraction of sp³-hybridized carbons (Fsp3) is 0.611. The van der Waals surface area contributed by atoms with Crippen molar-refractivity contribution in [3.8, 4) is 5.75 Å². The summed E-state index contributed by atoms with van der Waals surface area (Å²) in [5.41, 5.74) is 2.04. The van der Waals surface area contributed by atoms with Gasteiger partial charge in [-0.2, -0.15) is 0 Å². The quantitative estimate of drug-likeness (QED) is 0.456. The number of nitrogens with zero attached hydrogens (tertiary/aromatic N) is 1. The van der Waals surface area contributed by atoms with E-state index in [-0.39, 0.29) is 0 Å². The Morgan fingerprint density at radius 3 is 2.33 bits per heavy atom. The van der Waals surface area contributed by atoms with Crippen LogP contribution in [-0.4, -0.2) is 25.4 Å². The summed E-state index contributed by atoms with van der Waals surface area (Å²) in [5.74, 6) is 1.12. The normalized spacial score (nSPS) is 21.3. The second-order valence-corrected chi connectivity index (χ2v) is 16.4. The number of aromatic hydroxyl groups is 1.